The molecule has 1 atom stereocenters. The highest BCUT2D eigenvalue weighted by Crippen LogP contribution is 2.15. The standard InChI is InChI=1S/C14H29N3/c1-17-9-5-14(6-10-17)12-16-8-4-13-3-2-7-15-11-13/h13-16H,2-12H2,1H3. The molecule has 3 heteroatoms. The first-order valence-electron chi connectivity index (χ1n) is 7.44. The van der Waals surface area contributed by atoms with Gasteiger partial charge in [-0.1, -0.05) is 0 Å². The van der Waals surface area contributed by atoms with Crippen molar-refractivity contribution in [2.24, 2.45) is 11.8 Å². The Bertz CT molecular complexity index is 194. The average Bonchev–Trinajstić information content (AvgIpc) is 2.38. The predicted octanol–water partition coefficient (Wildman–Crippen LogP) is 1.31. The lowest BCUT2D eigenvalue weighted by Crippen LogP contribution is -2.36. The summed E-state index contributed by atoms with van der Waals surface area (Å²) >= 11 is 0. The minimum Gasteiger partial charge on any atom is -0.316 e. The van der Waals surface area contributed by atoms with E-state index in [2.05, 4.69) is 22.6 Å². The summed E-state index contributed by atoms with van der Waals surface area (Å²) in [5, 5.41) is 7.17. The van der Waals surface area contributed by atoms with E-state index >= 15 is 0 Å². The molecule has 0 aromatic heterocycles. The smallest absolute Gasteiger partial charge is 0.00187 e. The third-order valence-corrected chi connectivity index (χ3v) is 4.40. The number of nitrogens with zero attached hydrogens (tertiary/aromatic N) is 1. The molecule has 2 aliphatic heterocycles. The van der Waals surface area contributed by atoms with Crippen molar-refractivity contribution >= 4 is 0 Å². The van der Waals surface area contributed by atoms with Crippen LogP contribution in [-0.4, -0.2) is 51.2 Å². The van der Waals surface area contributed by atoms with E-state index in [-0.39, 0.29) is 0 Å². The van der Waals surface area contributed by atoms with Crippen LogP contribution in [-0.2, 0) is 0 Å². The molecule has 0 radical (unpaired) electrons. The maximum Gasteiger partial charge on any atom is -0.00187 e. The summed E-state index contributed by atoms with van der Waals surface area (Å²) < 4.78 is 0. The number of nitrogens with one attached hydrogen (secondary N) is 2. The molecule has 0 amide bonds. The van der Waals surface area contributed by atoms with Gasteiger partial charge < -0.3 is 15.5 Å². The van der Waals surface area contributed by atoms with E-state index in [0.29, 0.717) is 0 Å². The lowest BCUT2D eigenvalue weighted by Gasteiger charge is -2.29. The monoisotopic (exact) mass is 239 g/mol. The molecule has 2 heterocycles. The largest absolute Gasteiger partial charge is 0.316 e. The minimum atomic E-state index is 0.925. The molecule has 2 saturated heterocycles. The molecule has 17 heavy (non-hydrogen) atoms. The van der Waals surface area contributed by atoms with Crippen LogP contribution in [0.5, 0.6) is 0 Å². The molecule has 1 unspecified atom stereocenters. The van der Waals surface area contributed by atoms with Crippen molar-refractivity contribution < 1.29 is 0 Å². The van der Waals surface area contributed by atoms with Crippen LogP contribution < -0.4 is 10.6 Å². The second-order valence-corrected chi connectivity index (χ2v) is 5.95. The van der Waals surface area contributed by atoms with Crippen molar-refractivity contribution in [3.05, 3.63) is 0 Å². The normalized spacial score (nSPS) is 28.4. The first-order valence-corrected chi connectivity index (χ1v) is 7.44. The lowest BCUT2D eigenvalue weighted by atomic mass is 9.95. The van der Waals surface area contributed by atoms with Crippen molar-refractivity contribution in [3.8, 4) is 0 Å². The van der Waals surface area contributed by atoms with Gasteiger partial charge in [-0.2, -0.15) is 0 Å². The van der Waals surface area contributed by atoms with Crippen LogP contribution in [0.2, 0.25) is 0 Å². The molecule has 0 aromatic carbocycles. The molecule has 0 aliphatic carbocycles. The number of hydrogen-bond donors (Lipinski definition) is 2. The molecular weight excluding hydrogens is 210 g/mol. The minimum absolute atomic E-state index is 0.925. The highest BCUT2D eigenvalue weighted by molar-refractivity contribution is 4.73. The van der Waals surface area contributed by atoms with Crippen LogP contribution in [0.1, 0.15) is 32.1 Å². The number of rotatable bonds is 5. The van der Waals surface area contributed by atoms with Crippen molar-refractivity contribution in [3.63, 3.8) is 0 Å². The van der Waals surface area contributed by atoms with Crippen molar-refractivity contribution in [2.45, 2.75) is 32.1 Å². The van der Waals surface area contributed by atoms with Gasteiger partial charge in [-0.05, 0) is 90.3 Å². The van der Waals surface area contributed by atoms with Crippen LogP contribution in [0.4, 0.5) is 0 Å². The summed E-state index contributed by atoms with van der Waals surface area (Å²) in [4.78, 5) is 2.45. The van der Waals surface area contributed by atoms with E-state index in [1.807, 2.05) is 0 Å². The Kier molecular flexibility index (Phi) is 5.75. The summed E-state index contributed by atoms with van der Waals surface area (Å²) in [5.41, 5.74) is 0. The Balaban J connectivity index is 1.48. The van der Waals surface area contributed by atoms with Crippen LogP contribution in [0, 0.1) is 11.8 Å². The first kappa shape index (κ1) is 13.3. The fourth-order valence-corrected chi connectivity index (χ4v) is 3.05. The molecule has 0 saturated carbocycles. The summed E-state index contributed by atoms with van der Waals surface area (Å²) in [6.07, 6.45) is 6.94. The van der Waals surface area contributed by atoms with Gasteiger partial charge in [0.05, 0.1) is 0 Å². The Morgan fingerprint density at radius 1 is 1.18 bits per heavy atom. The van der Waals surface area contributed by atoms with E-state index in [9.17, 15) is 0 Å². The van der Waals surface area contributed by atoms with Gasteiger partial charge in [-0.15, -0.1) is 0 Å². The molecule has 3 nitrogen and oxygen atoms in total. The van der Waals surface area contributed by atoms with Gasteiger partial charge in [0.25, 0.3) is 0 Å². The van der Waals surface area contributed by atoms with E-state index in [4.69, 9.17) is 0 Å². The second kappa shape index (κ2) is 7.34. The van der Waals surface area contributed by atoms with Crippen LogP contribution in [0.25, 0.3) is 0 Å². The van der Waals surface area contributed by atoms with Gasteiger partial charge in [-0.3, -0.25) is 0 Å². The van der Waals surface area contributed by atoms with Crippen LogP contribution in [0.15, 0.2) is 0 Å². The third kappa shape index (κ3) is 4.94. The molecular formula is C14H29N3. The van der Waals surface area contributed by atoms with Crippen molar-refractivity contribution in [2.75, 3.05) is 46.3 Å². The molecule has 2 N–H and O–H groups in total. The number of piperidine rings is 2. The Morgan fingerprint density at radius 2 is 2.00 bits per heavy atom. The number of likely N-dealkylation sites (tertiary alicyclic amines) is 1. The molecule has 0 aromatic rings. The van der Waals surface area contributed by atoms with Crippen LogP contribution in [0.3, 0.4) is 0 Å². The molecule has 0 bridgehead atoms. The van der Waals surface area contributed by atoms with E-state index < -0.39 is 0 Å². The van der Waals surface area contributed by atoms with Gasteiger partial charge in [0.1, 0.15) is 0 Å². The van der Waals surface area contributed by atoms with Gasteiger partial charge in [-0.25, -0.2) is 0 Å². The SMILES string of the molecule is CN1CCC(CNCCC2CCCNC2)CC1. The third-order valence-electron chi connectivity index (χ3n) is 4.40. The van der Waals surface area contributed by atoms with Gasteiger partial charge in [0.2, 0.25) is 0 Å². The summed E-state index contributed by atoms with van der Waals surface area (Å²) in [6, 6.07) is 0. The molecule has 2 fully saturated rings. The second-order valence-electron chi connectivity index (χ2n) is 5.95. The summed E-state index contributed by atoms with van der Waals surface area (Å²) in [7, 11) is 2.24. The van der Waals surface area contributed by atoms with Crippen molar-refractivity contribution in [1.82, 2.24) is 15.5 Å². The zero-order valence-electron chi connectivity index (χ0n) is 11.4. The lowest BCUT2D eigenvalue weighted by molar-refractivity contribution is 0.215. The maximum atomic E-state index is 3.67. The predicted molar refractivity (Wildman–Crippen MR) is 73.3 cm³/mol. The fraction of sp³-hybridized carbons (Fsp3) is 1.00. The molecule has 2 aliphatic rings. The zero-order chi connectivity index (χ0) is 11.9. The van der Waals surface area contributed by atoms with E-state index in [1.165, 1.54) is 71.4 Å². The fourth-order valence-electron chi connectivity index (χ4n) is 3.05. The Labute approximate surface area is 106 Å². The molecule has 0 spiro atoms. The maximum absolute atomic E-state index is 3.67. The van der Waals surface area contributed by atoms with Crippen molar-refractivity contribution in [1.29, 1.82) is 0 Å². The van der Waals surface area contributed by atoms with Gasteiger partial charge in [0.15, 0.2) is 0 Å². The average molecular weight is 239 g/mol. The quantitative estimate of drug-likeness (QED) is 0.708. The van der Waals surface area contributed by atoms with Gasteiger partial charge >= 0.3 is 0 Å². The highest BCUT2D eigenvalue weighted by atomic mass is 15.1. The summed E-state index contributed by atoms with van der Waals surface area (Å²) in [5.74, 6) is 1.85. The summed E-state index contributed by atoms with van der Waals surface area (Å²) in [6.45, 7) is 7.53. The first-order chi connectivity index (χ1) is 8.34. The highest BCUT2D eigenvalue weighted by Gasteiger charge is 2.16. The Morgan fingerprint density at radius 3 is 2.71 bits per heavy atom. The molecule has 2 rings (SSSR count). The topological polar surface area (TPSA) is 27.3 Å². The molecule has 100 valence electrons. The Hall–Kier alpha value is -0.120. The van der Waals surface area contributed by atoms with E-state index in [1.54, 1.807) is 0 Å². The van der Waals surface area contributed by atoms with E-state index in [0.717, 1.165) is 11.8 Å². The zero-order valence-corrected chi connectivity index (χ0v) is 11.4. The van der Waals surface area contributed by atoms with Gasteiger partial charge in [0, 0.05) is 0 Å². The number of hydrogen-bond acceptors (Lipinski definition) is 3. The van der Waals surface area contributed by atoms with Crippen LogP contribution >= 0.6 is 0 Å².